The van der Waals surface area contributed by atoms with Crippen LogP contribution in [0.3, 0.4) is 0 Å². The molecular formula is C11H7N3O2S. The van der Waals surface area contributed by atoms with Crippen LogP contribution in [-0.4, -0.2) is 4.92 Å². The molecular weight excluding hydrogens is 238 g/mol. The van der Waals surface area contributed by atoms with Crippen molar-refractivity contribution in [1.29, 1.82) is 5.26 Å². The van der Waals surface area contributed by atoms with Crippen LogP contribution in [0.25, 0.3) is 11.1 Å². The molecule has 2 N–H and O–H groups in total. The summed E-state index contributed by atoms with van der Waals surface area (Å²) in [6, 6.07) is 8.27. The second kappa shape index (κ2) is 4.23. The van der Waals surface area contributed by atoms with Gasteiger partial charge in [0.15, 0.2) is 0 Å². The largest absolute Gasteiger partial charge is 0.389 e. The van der Waals surface area contributed by atoms with Gasteiger partial charge in [0, 0.05) is 17.0 Å². The van der Waals surface area contributed by atoms with E-state index in [0.717, 1.165) is 0 Å². The van der Waals surface area contributed by atoms with E-state index in [0.29, 0.717) is 21.7 Å². The zero-order valence-corrected chi connectivity index (χ0v) is 9.40. The van der Waals surface area contributed by atoms with Gasteiger partial charge in [-0.15, -0.1) is 11.3 Å². The number of hydrogen-bond donors (Lipinski definition) is 1. The molecule has 2 aromatic rings. The van der Waals surface area contributed by atoms with Gasteiger partial charge in [0.2, 0.25) is 0 Å². The van der Waals surface area contributed by atoms with Crippen LogP contribution in [0, 0.1) is 21.4 Å². The maximum atomic E-state index is 10.9. The molecule has 0 atom stereocenters. The summed E-state index contributed by atoms with van der Waals surface area (Å²) >= 11 is 1.20. The summed E-state index contributed by atoms with van der Waals surface area (Å²) in [6.45, 7) is 0. The minimum atomic E-state index is -0.468. The third-order valence-corrected chi connectivity index (χ3v) is 3.13. The Balaban J connectivity index is 2.69. The van der Waals surface area contributed by atoms with Gasteiger partial charge in [0.25, 0.3) is 5.69 Å². The van der Waals surface area contributed by atoms with E-state index in [1.54, 1.807) is 23.6 Å². The van der Waals surface area contributed by atoms with Crippen molar-refractivity contribution in [3.05, 3.63) is 45.3 Å². The maximum Gasteiger partial charge on any atom is 0.277 e. The average molecular weight is 245 g/mol. The number of anilines is 1. The Hall–Kier alpha value is -2.39. The molecule has 0 aliphatic carbocycles. The number of nitro groups is 1. The second-order valence-electron chi connectivity index (χ2n) is 3.27. The van der Waals surface area contributed by atoms with Crippen molar-refractivity contribution in [2.75, 3.05) is 5.73 Å². The van der Waals surface area contributed by atoms with Crippen LogP contribution in [-0.2, 0) is 0 Å². The maximum absolute atomic E-state index is 10.9. The molecule has 5 nitrogen and oxygen atoms in total. The molecule has 0 aliphatic rings. The van der Waals surface area contributed by atoms with Crippen molar-refractivity contribution in [1.82, 2.24) is 0 Å². The Morgan fingerprint density at radius 1 is 1.35 bits per heavy atom. The van der Waals surface area contributed by atoms with Crippen molar-refractivity contribution in [2.45, 2.75) is 0 Å². The van der Waals surface area contributed by atoms with Crippen LogP contribution >= 0.6 is 11.3 Å². The van der Waals surface area contributed by atoms with E-state index in [-0.39, 0.29) is 5.69 Å². The Labute approximate surface area is 101 Å². The SMILES string of the molecule is N#Cc1c(-c2ccccc2[N+](=O)[O-])csc1N. The van der Waals surface area contributed by atoms with Gasteiger partial charge in [0.05, 0.1) is 16.1 Å². The van der Waals surface area contributed by atoms with Gasteiger partial charge in [-0.3, -0.25) is 10.1 Å². The fourth-order valence-electron chi connectivity index (χ4n) is 1.55. The molecule has 1 aromatic carbocycles. The molecule has 84 valence electrons. The number of nitro benzene ring substituents is 1. The zero-order chi connectivity index (χ0) is 12.4. The van der Waals surface area contributed by atoms with Gasteiger partial charge in [0.1, 0.15) is 11.1 Å². The lowest BCUT2D eigenvalue weighted by atomic mass is 10.0. The summed E-state index contributed by atoms with van der Waals surface area (Å²) in [6.07, 6.45) is 0. The molecule has 17 heavy (non-hydrogen) atoms. The molecule has 0 saturated heterocycles. The molecule has 0 aliphatic heterocycles. The van der Waals surface area contributed by atoms with Gasteiger partial charge < -0.3 is 5.73 Å². The summed E-state index contributed by atoms with van der Waals surface area (Å²) in [4.78, 5) is 10.4. The highest BCUT2D eigenvalue weighted by atomic mass is 32.1. The number of hydrogen-bond acceptors (Lipinski definition) is 5. The van der Waals surface area contributed by atoms with Crippen molar-refractivity contribution in [2.24, 2.45) is 0 Å². The molecule has 1 aromatic heterocycles. The lowest BCUT2D eigenvalue weighted by Gasteiger charge is -2.00. The highest BCUT2D eigenvalue weighted by Crippen LogP contribution is 2.37. The quantitative estimate of drug-likeness (QED) is 0.650. The van der Waals surface area contributed by atoms with Crippen molar-refractivity contribution >= 4 is 22.0 Å². The topological polar surface area (TPSA) is 92.9 Å². The lowest BCUT2D eigenvalue weighted by molar-refractivity contribution is -0.384. The van der Waals surface area contributed by atoms with E-state index in [1.165, 1.54) is 17.4 Å². The molecule has 1 heterocycles. The van der Waals surface area contributed by atoms with Crippen LogP contribution in [0.2, 0.25) is 0 Å². The molecule has 0 amide bonds. The predicted molar refractivity (Wildman–Crippen MR) is 65.5 cm³/mol. The minimum Gasteiger partial charge on any atom is -0.389 e. The van der Waals surface area contributed by atoms with Crippen LogP contribution < -0.4 is 5.73 Å². The number of nitrogens with zero attached hydrogens (tertiary/aromatic N) is 2. The number of benzene rings is 1. The molecule has 0 bridgehead atoms. The van der Waals surface area contributed by atoms with E-state index in [1.807, 2.05) is 6.07 Å². The first-order chi connectivity index (χ1) is 8.15. The number of para-hydroxylation sites is 1. The molecule has 0 fully saturated rings. The molecule has 0 unspecified atom stereocenters. The Morgan fingerprint density at radius 2 is 2.06 bits per heavy atom. The van der Waals surface area contributed by atoms with Crippen molar-refractivity contribution < 1.29 is 4.92 Å². The van der Waals surface area contributed by atoms with Crippen LogP contribution in [0.5, 0.6) is 0 Å². The third kappa shape index (κ3) is 1.84. The number of nitriles is 1. The van der Waals surface area contributed by atoms with Crippen LogP contribution in [0.4, 0.5) is 10.7 Å². The van der Waals surface area contributed by atoms with Crippen LogP contribution in [0.1, 0.15) is 5.56 Å². The zero-order valence-electron chi connectivity index (χ0n) is 8.58. The Kier molecular flexibility index (Phi) is 2.77. The van der Waals surface area contributed by atoms with Crippen molar-refractivity contribution in [3.8, 4) is 17.2 Å². The third-order valence-electron chi connectivity index (χ3n) is 2.32. The Morgan fingerprint density at radius 3 is 2.71 bits per heavy atom. The van der Waals surface area contributed by atoms with Gasteiger partial charge in [-0.25, -0.2) is 0 Å². The number of thiophene rings is 1. The number of nitrogens with two attached hydrogens (primary N) is 1. The summed E-state index contributed by atoms with van der Waals surface area (Å²) in [5, 5.41) is 21.9. The minimum absolute atomic E-state index is 0.0261. The molecule has 0 saturated carbocycles. The monoisotopic (exact) mass is 245 g/mol. The average Bonchev–Trinajstić information content (AvgIpc) is 2.70. The van der Waals surface area contributed by atoms with Crippen LogP contribution in [0.15, 0.2) is 29.6 Å². The smallest absolute Gasteiger partial charge is 0.277 e. The summed E-state index contributed by atoms with van der Waals surface area (Å²) in [7, 11) is 0. The van der Waals surface area contributed by atoms with Gasteiger partial charge >= 0.3 is 0 Å². The Bertz CT molecular complexity index is 628. The first kappa shape index (κ1) is 11.1. The van der Waals surface area contributed by atoms with Crippen molar-refractivity contribution in [3.63, 3.8) is 0 Å². The molecule has 0 spiro atoms. The standard InChI is InChI=1S/C11H7N3O2S/c12-5-8-9(6-17-11(8)13)7-3-1-2-4-10(7)14(15)16/h1-4,6H,13H2. The number of nitrogen functional groups attached to an aromatic ring is 1. The van der Waals surface area contributed by atoms with Gasteiger partial charge in [-0.1, -0.05) is 12.1 Å². The van der Waals surface area contributed by atoms with E-state index < -0.39 is 4.92 Å². The number of rotatable bonds is 2. The normalized spacial score (nSPS) is 9.82. The van der Waals surface area contributed by atoms with E-state index >= 15 is 0 Å². The summed E-state index contributed by atoms with van der Waals surface area (Å²) < 4.78 is 0. The highest BCUT2D eigenvalue weighted by Gasteiger charge is 2.19. The van der Waals surface area contributed by atoms with E-state index in [9.17, 15) is 10.1 Å². The van der Waals surface area contributed by atoms with Gasteiger partial charge in [-0.05, 0) is 6.07 Å². The van der Waals surface area contributed by atoms with E-state index in [2.05, 4.69) is 0 Å². The lowest BCUT2D eigenvalue weighted by Crippen LogP contribution is -1.92. The first-order valence-electron chi connectivity index (χ1n) is 4.66. The fraction of sp³-hybridized carbons (Fsp3) is 0. The van der Waals surface area contributed by atoms with E-state index in [4.69, 9.17) is 11.0 Å². The summed E-state index contributed by atoms with van der Waals surface area (Å²) in [5.74, 6) is 0. The summed E-state index contributed by atoms with van der Waals surface area (Å²) in [5.41, 5.74) is 6.85. The molecule has 6 heteroatoms. The molecule has 2 rings (SSSR count). The second-order valence-corrected chi connectivity index (χ2v) is 4.19. The molecule has 0 radical (unpaired) electrons. The highest BCUT2D eigenvalue weighted by molar-refractivity contribution is 7.14. The predicted octanol–water partition coefficient (Wildman–Crippen LogP) is 2.78. The first-order valence-corrected chi connectivity index (χ1v) is 5.54. The van der Waals surface area contributed by atoms with Gasteiger partial charge in [-0.2, -0.15) is 5.26 Å². The fourth-order valence-corrected chi connectivity index (χ4v) is 2.31.